The number of furan rings is 1. The number of aromatic carboxylic acids is 1. The van der Waals surface area contributed by atoms with Gasteiger partial charge in [0, 0.05) is 32.2 Å². The third-order valence-electron chi connectivity index (χ3n) is 2.93. The highest BCUT2D eigenvalue weighted by Crippen LogP contribution is 2.19. The molecule has 2 rings (SSSR count). The van der Waals surface area contributed by atoms with Gasteiger partial charge in [-0.05, 0) is 12.6 Å². The van der Waals surface area contributed by atoms with Crippen molar-refractivity contribution >= 4 is 11.9 Å². The van der Waals surface area contributed by atoms with Crippen molar-refractivity contribution in [2.45, 2.75) is 6.92 Å². The minimum atomic E-state index is -1.02. The molecular formula is C11H16N2O3. The van der Waals surface area contributed by atoms with Crippen LogP contribution in [0.3, 0.4) is 0 Å². The number of rotatable bonds is 3. The van der Waals surface area contributed by atoms with Gasteiger partial charge in [0.05, 0.1) is 0 Å². The van der Waals surface area contributed by atoms with Gasteiger partial charge in [-0.2, -0.15) is 0 Å². The second kappa shape index (κ2) is 4.57. The van der Waals surface area contributed by atoms with E-state index in [0.717, 1.165) is 32.7 Å². The number of piperazine rings is 1. The smallest absolute Gasteiger partial charge is 0.371 e. The summed E-state index contributed by atoms with van der Waals surface area (Å²) in [6.45, 7) is 6.98. The van der Waals surface area contributed by atoms with E-state index in [9.17, 15) is 4.79 Å². The highest BCUT2D eigenvalue weighted by Gasteiger charge is 2.19. The molecule has 1 saturated heterocycles. The number of anilines is 1. The van der Waals surface area contributed by atoms with Gasteiger partial charge in [0.25, 0.3) is 0 Å². The van der Waals surface area contributed by atoms with Crippen LogP contribution in [0.4, 0.5) is 5.88 Å². The summed E-state index contributed by atoms with van der Waals surface area (Å²) >= 11 is 0. The first-order chi connectivity index (χ1) is 7.70. The summed E-state index contributed by atoms with van der Waals surface area (Å²) in [5.74, 6) is -0.348. The zero-order valence-corrected chi connectivity index (χ0v) is 9.35. The lowest BCUT2D eigenvalue weighted by Crippen LogP contribution is -2.46. The molecule has 0 bridgehead atoms. The Hall–Kier alpha value is -1.49. The van der Waals surface area contributed by atoms with Gasteiger partial charge in [-0.25, -0.2) is 4.79 Å². The van der Waals surface area contributed by atoms with E-state index in [4.69, 9.17) is 9.52 Å². The lowest BCUT2D eigenvalue weighted by molar-refractivity contribution is 0.0663. The van der Waals surface area contributed by atoms with Crippen LogP contribution >= 0.6 is 0 Å². The van der Waals surface area contributed by atoms with Crippen molar-refractivity contribution in [3.05, 3.63) is 17.9 Å². The molecule has 0 radical (unpaired) electrons. The van der Waals surface area contributed by atoms with Crippen molar-refractivity contribution in [2.24, 2.45) is 0 Å². The molecule has 1 aromatic heterocycles. The van der Waals surface area contributed by atoms with Gasteiger partial charge in [-0.15, -0.1) is 0 Å². The molecule has 0 aliphatic carbocycles. The Morgan fingerprint density at radius 3 is 2.56 bits per heavy atom. The van der Waals surface area contributed by atoms with Crippen LogP contribution in [0.25, 0.3) is 0 Å². The lowest BCUT2D eigenvalue weighted by Gasteiger charge is -2.33. The Morgan fingerprint density at radius 1 is 1.38 bits per heavy atom. The molecule has 0 atom stereocenters. The van der Waals surface area contributed by atoms with E-state index in [1.54, 1.807) is 6.07 Å². The van der Waals surface area contributed by atoms with E-state index in [2.05, 4.69) is 16.7 Å². The molecule has 1 N–H and O–H groups in total. The average molecular weight is 224 g/mol. The van der Waals surface area contributed by atoms with Gasteiger partial charge < -0.3 is 19.3 Å². The van der Waals surface area contributed by atoms with Gasteiger partial charge in [0.1, 0.15) is 0 Å². The zero-order valence-electron chi connectivity index (χ0n) is 9.35. The number of carboxylic acids is 1. The molecule has 1 fully saturated rings. The van der Waals surface area contributed by atoms with Crippen LogP contribution < -0.4 is 4.90 Å². The van der Waals surface area contributed by atoms with Crippen molar-refractivity contribution in [2.75, 3.05) is 37.6 Å². The van der Waals surface area contributed by atoms with Gasteiger partial charge in [-0.3, -0.25) is 0 Å². The number of likely N-dealkylation sites (N-methyl/N-ethyl adjacent to an activating group) is 1. The third kappa shape index (κ3) is 2.19. The Bertz CT molecular complexity index is 367. The van der Waals surface area contributed by atoms with Crippen LogP contribution in [0.5, 0.6) is 0 Å². The highest BCUT2D eigenvalue weighted by molar-refractivity contribution is 5.84. The van der Waals surface area contributed by atoms with E-state index in [0.29, 0.717) is 5.88 Å². The molecule has 5 nitrogen and oxygen atoms in total. The maximum atomic E-state index is 10.7. The van der Waals surface area contributed by atoms with E-state index in [1.807, 2.05) is 0 Å². The predicted octanol–water partition coefficient (Wildman–Crippen LogP) is 1.12. The first-order valence-electron chi connectivity index (χ1n) is 5.51. The van der Waals surface area contributed by atoms with Crippen molar-refractivity contribution in [1.29, 1.82) is 0 Å². The summed E-state index contributed by atoms with van der Waals surface area (Å²) in [5, 5.41) is 8.76. The standard InChI is InChI=1S/C11H16N2O3/c1-2-12-5-7-13(8-6-12)10-4-3-9(16-10)11(14)15/h3-4H,2,5-8H2,1H3,(H,14,15). The summed E-state index contributed by atoms with van der Waals surface area (Å²) in [6.07, 6.45) is 0. The second-order valence-electron chi connectivity index (χ2n) is 3.86. The quantitative estimate of drug-likeness (QED) is 0.833. The van der Waals surface area contributed by atoms with Gasteiger partial charge in [-0.1, -0.05) is 6.92 Å². The van der Waals surface area contributed by atoms with Crippen LogP contribution in [0.1, 0.15) is 17.5 Å². The Balaban J connectivity index is 2.00. The number of hydrogen-bond acceptors (Lipinski definition) is 4. The van der Waals surface area contributed by atoms with Gasteiger partial charge >= 0.3 is 5.97 Å². The molecule has 0 saturated carbocycles. The van der Waals surface area contributed by atoms with Crippen molar-refractivity contribution in [3.63, 3.8) is 0 Å². The van der Waals surface area contributed by atoms with Crippen molar-refractivity contribution < 1.29 is 14.3 Å². The van der Waals surface area contributed by atoms with Gasteiger partial charge in [0.15, 0.2) is 5.88 Å². The lowest BCUT2D eigenvalue weighted by atomic mass is 10.3. The minimum Gasteiger partial charge on any atom is -0.475 e. The number of carbonyl (C=O) groups is 1. The van der Waals surface area contributed by atoms with Crippen LogP contribution in [-0.2, 0) is 0 Å². The Morgan fingerprint density at radius 2 is 2.06 bits per heavy atom. The molecule has 0 spiro atoms. The fraction of sp³-hybridized carbons (Fsp3) is 0.545. The molecule has 0 amide bonds. The number of nitrogens with zero attached hydrogens (tertiary/aromatic N) is 2. The highest BCUT2D eigenvalue weighted by atomic mass is 16.4. The fourth-order valence-electron chi connectivity index (χ4n) is 1.90. The molecular weight excluding hydrogens is 208 g/mol. The van der Waals surface area contributed by atoms with Crippen molar-refractivity contribution in [3.8, 4) is 0 Å². The average Bonchev–Trinajstić information content (AvgIpc) is 2.78. The third-order valence-corrected chi connectivity index (χ3v) is 2.93. The van der Waals surface area contributed by atoms with E-state index < -0.39 is 5.97 Å². The Labute approximate surface area is 94.2 Å². The monoisotopic (exact) mass is 224 g/mol. The summed E-state index contributed by atoms with van der Waals surface area (Å²) in [5.41, 5.74) is 0. The summed E-state index contributed by atoms with van der Waals surface area (Å²) in [7, 11) is 0. The largest absolute Gasteiger partial charge is 0.475 e. The number of hydrogen-bond donors (Lipinski definition) is 1. The van der Waals surface area contributed by atoms with E-state index in [1.165, 1.54) is 6.07 Å². The molecule has 1 aromatic rings. The first-order valence-corrected chi connectivity index (χ1v) is 5.51. The normalized spacial score (nSPS) is 17.7. The summed E-state index contributed by atoms with van der Waals surface area (Å²) in [4.78, 5) is 15.1. The van der Waals surface area contributed by atoms with Crippen LogP contribution in [0.2, 0.25) is 0 Å². The molecule has 0 unspecified atom stereocenters. The van der Waals surface area contributed by atoms with Crippen molar-refractivity contribution in [1.82, 2.24) is 4.90 Å². The molecule has 2 heterocycles. The topological polar surface area (TPSA) is 56.9 Å². The fourth-order valence-corrected chi connectivity index (χ4v) is 1.90. The van der Waals surface area contributed by atoms with Crippen LogP contribution in [0.15, 0.2) is 16.5 Å². The van der Waals surface area contributed by atoms with E-state index >= 15 is 0 Å². The zero-order chi connectivity index (χ0) is 11.5. The maximum absolute atomic E-state index is 10.7. The van der Waals surface area contributed by atoms with Crippen LogP contribution in [0, 0.1) is 0 Å². The molecule has 88 valence electrons. The molecule has 16 heavy (non-hydrogen) atoms. The summed E-state index contributed by atoms with van der Waals surface area (Å²) < 4.78 is 5.26. The number of carboxylic acid groups (broad SMARTS) is 1. The predicted molar refractivity (Wildman–Crippen MR) is 60.0 cm³/mol. The molecule has 0 aromatic carbocycles. The van der Waals surface area contributed by atoms with E-state index in [-0.39, 0.29) is 5.76 Å². The molecule has 1 aliphatic heterocycles. The summed E-state index contributed by atoms with van der Waals surface area (Å²) in [6, 6.07) is 3.23. The Kier molecular flexibility index (Phi) is 3.14. The molecule has 1 aliphatic rings. The SMILES string of the molecule is CCN1CCN(c2ccc(C(=O)O)o2)CC1. The second-order valence-corrected chi connectivity index (χ2v) is 3.86. The van der Waals surface area contributed by atoms with Gasteiger partial charge in [0.2, 0.25) is 5.76 Å². The van der Waals surface area contributed by atoms with Crippen LogP contribution in [-0.4, -0.2) is 48.7 Å². The first kappa shape index (κ1) is 11.0. The molecule has 5 heteroatoms. The maximum Gasteiger partial charge on any atom is 0.371 e. The minimum absolute atomic E-state index is 0.00733.